The fraction of sp³-hybridized carbons (Fsp3) is 0.333. The molecule has 1 N–H and O–H groups in total. The highest BCUT2D eigenvalue weighted by atomic mass is 16.6. The first kappa shape index (κ1) is 21.9. The second-order valence-electron chi connectivity index (χ2n) is 6.46. The lowest BCUT2D eigenvalue weighted by Gasteiger charge is -2.22. The molecule has 2 amide bonds. The summed E-state index contributed by atoms with van der Waals surface area (Å²) in [6.07, 6.45) is 0.641. The Kier molecular flexibility index (Phi) is 7.70. The number of anilines is 1. The molecular weight excluding hydrogens is 374 g/mol. The van der Waals surface area contributed by atoms with Gasteiger partial charge in [0.25, 0.3) is 5.91 Å². The maximum atomic E-state index is 12.9. The molecule has 0 aromatic heterocycles. The van der Waals surface area contributed by atoms with Crippen molar-refractivity contribution in [2.45, 2.75) is 27.2 Å². The van der Waals surface area contributed by atoms with Crippen molar-refractivity contribution in [3.8, 4) is 5.75 Å². The van der Waals surface area contributed by atoms with Crippen LogP contribution in [0.3, 0.4) is 0 Å². The number of nitro benzene ring substituents is 1. The quantitative estimate of drug-likeness (QED) is 0.510. The van der Waals surface area contributed by atoms with Crippen LogP contribution in [0, 0.1) is 17.0 Å². The van der Waals surface area contributed by atoms with E-state index in [-0.39, 0.29) is 36.1 Å². The number of nitrogens with one attached hydrogen (secondary N) is 1. The van der Waals surface area contributed by atoms with Crippen LogP contribution in [-0.4, -0.2) is 41.3 Å². The predicted octanol–water partition coefficient (Wildman–Crippen LogP) is 3.79. The van der Waals surface area contributed by atoms with Gasteiger partial charge in [-0.3, -0.25) is 19.7 Å². The molecule has 0 saturated heterocycles. The molecule has 2 aromatic carbocycles. The highest BCUT2D eigenvalue weighted by Crippen LogP contribution is 2.28. The zero-order valence-corrected chi connectivity index (χ0v) is 16.8. The molecule has 2 rings (SSSR count). The monoisotopic (exact) mass is 399 g/mol. The molecule has 0 radical (unpaired) electrons. The molecule has 8 heteroatoms. The van der Waals surface area contributed by atoms with E-state index in [4.69, 9.17) is 4.74 Å². The molecule has 0 bridgehead atoms. The Morgan fingerprint density at radius 3 is 2.52 bits per heavy atom. The van der Waals surface area contributed by atoms with Gasteiger partial charge in [0.15, 0.2) is 5.75 Å². The zero-order chi connectivity index (χ0) is 21.4. The summed E-state index contributed by atoms with van der Waals surface area (Å²) in [5.74, 6) is -0.673. The summed E-state index contributed by atoms with van der Waals surface area (Å²) >= 11 is 0. The van der Waals surface area contributed by atoms with Crippen LogP contribution >= 0.6 is 0 Å². The van der Waals surface area contributed by atoms with E-state index in [0.29, 0.717) is 18.7 Å². The molecule has 0 aliphatic heterocycles. The molecule has 2 aromatic rings. The van der Waals surface area contributed by atoms with E-state index >= 15 is 0 Å². The van der Waals surface area contributed by atoms with E-state index in [1.165, 1.54) is 23.1 Å². The lowest BCUT2D eigenvalue weighted by molar-refractivity contribution is -0.385. The summed E-state index contributed by atoms with van der Waals surface area (Å²) < 4.78 is 5.25. The maximum Gasteiger partial charge on any atom is 0.311 e. The first-order valence-corrected chi connectivity index (χ1v) is 9.43. The molecule has 0 spiro atoms. The van der Waals surface area contributed by atoms with Crippen LogP contribution in [0.4, 0.5) is 11.4 Å². The predicted molar refractivity (Wildman–Crippen MR) is 110 cm³/mol. The molecule has 0 heterocycles. The maximum absolute atomic E-state index is 12.9. The van der Waals surface area contributed by atoms with Gasteiger partial charge in [-0.1, -0.05) is 25.1 Å². The summed E-state index contributed by atoms with van der Waals surface area (Å²) in [6.45, 7) is 5.96. The Morgan fingerprint density at radius 2 is 1.90 bits per heavy atom. The number of aryl methyl sites for hydroxylation is 1. The van der Waals surface area contributed by atoms with Gasteiger partial charge >= 0.3 is 5.69 Å². The van der Waals surface area contributed by atoms with Crippen molar-refractivity contribution in [3.63, 3.8) is 0 Å². The number of hydrogen-bond donors (Lipinski definition) is 1. The third-order valence-electron chi connectivity index (χ3n) is 4.24. The van der Waals surface area contributed by atoms with Gasteiger partial charge < -0.3 is 15.0 Å². The third-order valence-corrected chi connectivity index (χ3v) is 4.24. The molecule has 154 valence electrons. The zero-order valence-electron chi connectivity index (χ0n) is 16.8. The highest BCUT2D eigenvalue weighted by Gasteiger charge is 2.23. The van der Waals surface area contributed by atoms with Crippen molar-refractivity contribution >= 4 is 23.2 Å². The van der Waals surface area contributed by atoms with Gasteiger partial charge in [-0.25, -0.2) is 0 Å². The first-order chi connectivity index (χ1) is 13.9. The fourth-order valence-corrected chi connectivity index (χ4v) is 2.85. The van der Waals surface area contributed by atoms with Gasteiger partial charge in [0.1, 0.15) is 6.54 Å². The third kappa shape index (κ3) is 5.78. The van der Waals surface area contributed by atoms with Crippen molar-refractivity contribution in [3.05, 3.63) is 63.7 Å². The standard InChI is InChI=1S/C21H25N3O5/c1-4-12-23(14-20(25)22-17-9-7-6-8-15(17)3)21(26)16-10-11-19(29-5-2)18(13-16)24(27)28/h6-11,13H,4-5,12,14H2,1-3H3,(H,22,25). The lowest BCUT2D eigenvalue weighted by atomic mass is 10.1. The number of benzene rings is 2. The lowest BCUT2D eigenvalue weighted by Crippen LogP contribution is -2.38. The summed E-state index contributed by atoms with van der Waals surface area (Å²) in [5, 5.41) is 14.1. The van der Waals surface area contributed by atoms with E-state index in [0.717, 1.165) is 5.56 Å². The second-order valence-corrected chi connectivity index (χ2v) is 6.46. The van der Waals surface area contributed by atoms with Crippen molar-refractivity contribution in [1.29, 1.82) is 0 Å². The Labute approximate surface area is 169 Å². The molecule has 0 atom stereocenters. The highest BCUT2D eigenvalue weighted by molar-refractivity contribution is 6.00. The van der Waals surface area contributed by atoms with E-state index in [1.54, 1.807) is 13.0 Å². The van der Waals surface area contributed by atoms with Crippen LogP contribution in [-0.2, 0) is 4.79 Å². The summed E-state index contributed by atoms with van der Waals surface area (Å²) in [7, 11) is 0. The van der Waals surface area contributed by atoms with Gasteiger partial charge in [0.05, 0.1) is 11.5 Å². The number of ether oxygens (including phenoxy) is 1. The molecule has 0 aliphatic rings. The smallest absolute Gasteiger partial charge is 0.311 e. The molecular formula is C21H25N3O5. The average molecular weight is 399 g/mol. The topological polar surface area (TPSA) is 102 Å². The SMILES string of the molecule is CCCN(CC(=O)Nc1ccccc1C)C(=O)c1ccc(OCC)c([N+](=O)[O-])c1. The summed E-state index contributed by atoms with van der Waals surface area (Å²) in [4.78, 5) is 37.5. The molecule has 0 unspecified atom stereocenters. The van der Waals surface area contributed by atoms with E-state index in [9.17, 15) is 19.7 Å². The van der Waals surface area contributed by atoms with Gasteiger partial charge in [0, 0.05) is 23.9 Å². The van der Waals surface area contributed by atoms with Crippen LogP contribution in [0.25, 0.3) is 0 Å². The van der Waals surface area contributed by atoms with Crippen LogP contribution in [0.2, 0.25) is 0 Å². The number of nitrogens with zero attached hydrogens (tertiary/aromatic N) is 2. The molecule has 8 nitrogen and oxygen atoms in total. The largest absolute Gasteiger partial charge is 0.487 e. The van der Waals surface area contributed by atoms with Gasteiger partial charge in [-0.05, 0) is 44.0 Å². The normalized spacial score (nSPS) is 10.3. The van der Waals surface area contributed by atoms with Crippen molar-refractivity contribution < 1.29 is 19.2 Å². The Hall–Kier alpha value is -3.42. The summed E-state index contributed by atoms with van der Waals surface area (Å²) in [6, 6.07) is 11.4. The van der Waals surface area contributed by atoms with Crippen molar-refractivity contribution in [1.82, 2.24) is 4.90 Å². The Morgan fingerprint density at radius 1 is 1.17 bits per heavy atom. The van der Waals surface area contributed by atoms with Crippen LogP contribution in [0.5, 0.6) is 5.75 Å². The molecule has 0 fully saturated rings. The minimum atomic E-state index is -0.586. The fourth-order valence-electron chi connectivity index (χ4n) is 2.85. The molecule has 0 aliphatic carbocycles. The summed E-state index contributed by atoms with van der Waals surface area (Å²) in [5.41, 5.74) is 1.45. The Balaban J connectivity index is 2.20. The van der Waals surface area contributed by atoms with Crippen molar-refractivity contribution in [2.75, 3.05) is 25.0 Å². The molecule has 29 heavy (non-hydrogen) atoms. The number of hydrogen-bond acceptors (Lipinski definition) is 5. The Bertz CT molecular complexity index is 898. The number of rotatable bonds is 9. The second kappa shape index (κ2) is 10.2. The van der Waals surface area contributed by atoms with Crippen molar-refractivity contribution in [2.24, 2.45) is 0 Å². The van der Waals surface area contributed by atoms with Gasteiger partial charge in [-0.2, -0.15) is 0 Å². The van der Waals surface area contributed by atoms with Crippen LogP contribution in [0.1, 0.15) is 36.2 Å². The first-order valence-electron chi connectivity index (χ1n) is 9.43. The van der Waals surface area contributed by atoms with E-state index in [2.05, 4.69) is 5.32 Å². The minimum absolute atomic E-state index is 0.105. The number of carbonyl (C=O) groups excluding carboxylic acids is 2. The number of carbonyl (C=O) groups is 2. The molecule has 0 saturated carbocycles. The van der Waals surface area contributed by atoms with Gasteiger partial charge in [0.2, 0.25) is 5.91 Å². The van der Waals surface area contributed by atoms with E-state index < -0.39 is 10.8 Å². The van der Waals surface area contributed by atoms with Crippen LogP contribution < -0.4 is 10.1 Å². The minimum Gasteiger partial charge on any atom is -0.487 e. The average Bonchev–Trinajstić information content (AvgIpc) is 2.69. The van der Waals surface area contributed by atoms with E-state index in [1.807, 2.05) is 32.0 Å². The number of amides is 2. The number of nitro groups is 1. The number of para-hydroxylation sites is 1. The van der Waals surface area contributed by atoms with Crippen LogP contribution in [0.15, 0.2) is 42.5 Å². The van der Waals surface area contributed by atoms with Gasteiger partial charge in [-0.15, -0.1) is 0 Å².